The molecule has 7 aliphatic rings. The summed E-state index contributed by atoms with van der Waals surface area (Å²) in [7, 11) is 33.3. The van der Waals surface area contributed by atoms with Crippen LogP contribution in [0.1, 0.15) is 27.2 Å². The fraction of sp³-hybridized carbons (Fsp3) is 0.946. The molecule has 0 aromatic heterocycles. The summed E-state index contributed by atoms with van der Waals surface area (Å²) in [5, 5.41) is 5.95. The van der Waals surface area contributed by atoms with Crippen LogP contribution >= 0.6 is 0 Å². The van der Waals surface area contributed by atoms with Gasteiger partial charge in [0.2, 0.25) is 17.7 Å². The van der Waals surface area contributed by atoms with Crippen LogP contribution < -0.4 is 10.6 Å². The van der Waals surface area contributed by atoms with Gasteiger partial charge in [-0.15, -0.1) is 0 Å². The minimum Gasteiger partial charge on any atom is -0.465 e. The maximum atomic E-state index is 14.5. The Morgan fingerprint density at radius 3 is 1.10 bits per heavy atom. The van der Waals surface area contributed by atoms with Crippen molar-refractivity contribution in [1.29, 1.82) is 0 Å². The van der Waals surface area contributed by atoms with Crippen molar-refractivity contribution >= 4 is 23.7 Å². The second-order valence-corrected chi connectivity index (χ2v) is 28.6. The molecule has 7 aliphatic heterocycles. The lowest BCUT2D eigenvalue weighted by molar-refractivity contribution is -0.391. The highest BCUT2D eigenvalue weighted by atomic mass is 16.8. The average molecular weight is 1690 g/mol. The topological polar surface area (TPSA) is 419 Å². The Bertz CT molecular complexity index is 2860. The normalized spacial score (nSPS) is 40.2. The van der Waals surface area contributed by atoms with Gasteiger partial charge in [-0.1, -0.05) is 0 Å². The maximum Gasteiger partial charge on any atom is 0.366 e. The van der Waals surface area contributed by atoms with E-state index in [9.17, 15) is 19.2 Å². The van der Waals surface area contributed by atoms with E-state index in [2.05, 4.69) is 10.6 Å². The van der Waals surface area contributed by atoms with Crippen molar-refractivity contribution in [2.24, 2.45) is 0 Å². The Morgan fingerprint density at radius 1 is 0.371 bits per heavy atom. The van der Waals surface area contributed by atoms with E-state index < -0.39 is 251 Å². The van der Waals surface area contributed by atoms with Crippen LogP contribution in [0.3, 0.4) is 0 Å². The van der Waals surface area contributed by atoms with E-state index in [0.29, 0.717) is 0 Å². The fourth-order valence-electron chi connectivity index (χ4n) is 16.7. The molecule has 7 saturated heterocycles. The van der Waals surface area contributed by atoms with Gasteiger partial charge >= 0.3 is 5.97 Å². The molecule has 0 unspecified atom stereocenters. The number of nitrogens with zero attached hydrogens (tertiary/aromatic N) is 1. The molecule has 0 radical (unpaired) electrons. The number of hydrogen-bond donors (Lipinski definition) is 2. The molecule has 116 heavy (non-hydrogen) atoms. The third-order valence-corrected chi connectivity index (χ3v) is 22.1. The van der Waals surface area contributed by atoms with E-state index in [0.717, 1.165) is 7.11 Å². The van der Waals surface area contributed by atoms with Crippen LogP contribution in [0.4, 0.5) is 0 Å². The molecule has 2 N–H and O–H groups in total. The second kappa shape index (κ2) is 48.5. The third kappa shape index (κ3) is 22.9. The fourth-order valence-corrected chi connectivity index (χ4v) is 16.7. The number of carbonyl (C=O) groups is 4. The third-order valence-electron chi connectivity index (χ3n) is 22.1. The minimum atomic E-state index is -2.29. The lowest BCUT2D eigenvalue weighted by Gasteiger charge is -2.53. The van der Waals surface area contributed by atoms with Gasteiger partial charge in [-0.2, -0.15) is 0 Å². The number of hydrogen-bond acceptors (Lipinski definition) is 39. The highest BCUT2D eigenvalue weighted by molar-refractivity contribution is 5.78. The summed E-state index contributed by atoms with van der Waals surface area (Å²) in [6.07, 6.45) is -35.5. The number of methoxy groups -OCH3 is 22. The average Bonchev–Trinajstić information content (AvgIpc) is 0.753. The molecule has 7 fully saturated rings. The number of esters is 1. The summed E-state index contributed by atoms with van der Waals surface area (Å²) in [6.45, 7) is 2.77. The SMILES string of the molecule is COC[C@H]1O[C@@H](O[C@H]2[C@H](OC)[C@@H](NC(C)=O)[C@H](OC[C@H]3O[C@@H](O[C@H]4[C@H](OC)[C@@H](OC)[C@@H](OC)O[C@@H]4COC)[C@H](OC)[C@@H](O[C@@H]4O[C@H](COC)[C@@H](O[C@@H]5O[C@H](CO[C@]6(C(=O)OC)C[C@H](OC)[C@@H](N(C)C(C)=O)[C@H]([C@H](OC)[C@@H](COC)OC)O6)[C@H](OC)[C@H](OC)[C@H]5OC)[C@H](OC)[C@H]4NC(C)=O)[C@H]3OC)O[C@@H]2COC)[C@H](OC)[C@@H](OC)[C@H]1OC. The molecule has 7 heterocycles. The number of carbonyl (C=O) groups excluding carboxylic acids is 4. The van der Waals surface area contributed by atoms with Gasteiger partial charge in [-0.25, -0.2) is 4.79 Å². The van der Waals surface area contributed by atoms with Crippen LogP contribution in [0.5, 0.6) is 0 Å². The Morgan fingerprint density at radius 2 is 0.724 bits per heavy atom. The molecule has 0 saturated carbocycles. The molecule has 36 atom stereocenters. The summed E-state index contributed by atoms with van der Waals surface area (Å²) in [5.41, 5.74) is 0. The first-order chi connectivity index (χ1) is 55.8. The molecule has 676 valence electrons. The molecule has 0 aromatic rings. The summed E-state index contributed by atoms with van der Waals surface area (Å²) in [5.74, 6) is -4.67. The van der Waals surface area contributed by atoms with Crippen molar-refractivity contribution in [3.8, 4) is 0 Å². The van der Waals surface area contributed by atoms with E-state index in [1.54, 1.807) is 7.05 Å². The van der Waals surface area contributed by atoms with Crippen molar-refractivity contribution in [3.63, 3.8) is 0 Å². The van der Waals surface area contributed by atoms with Crippen molar-refractivity contribution in [1.82, 2.24) is 15.5 Å². The van der Waals surface area contributed by atoms with Gasteiger partial charge in [0.1, 0.15) is 165 Å². The van der Waals surface area contributed by atoms with Crippen LogP contribution in [-0.2, 0) is 185 Å². The van der Waals surface area contributed by atoms with E-state index in [4.69, 9.17) is 166 Å². The standard InChI is InChI=1S/C74H131N3O39/c1-35(78)75-46-56(93-16)53(112-70-64(99-22)59(95-18)50(90-13)40(109-70)29-83-6)41(30-84-7)106-67(46)104-33-44-52(92-15)62(66(101-24)72(110-44)114-55-43(32-86-9)108-69(102-25)63(98-21)61(55)97-20)115-68-47(76-36(2)79)57(94-17)54(42(107-68)31-85-8)113-71-65(100-23)60(96-19)51(91-14)45(111-71)34-105-74(73(81)103-26)27-38(87-10)48(77(4)37(3)80)58(116-74)49(89-12)39(88-11)28-82-5/h38-72H,27-34H2,1-26H3,(H,75,78)(H,76,79)/t38-,39+,40+,41+,42+,43+,44+,45+,46+,47+,48+,49+,50-,51-,52-,53+,54+,55+,56+,57+,58+,59-,60-,61-,62-,63+,64+,65+,66+,67+,68-,69-,70-,71-,72-,74+/m0/s1. The summed E-state index contributed by atoms with van der Waals surface area (Å²) < 4.78 is 221. The Hall–Kier alpha value is -3.48. The predicted octanol–water partition coefficient (Wildman–Crippen LogP) is -2.47. The Labute approximate surface area is 679 Å². The smallest absolute Gasteiger partial charge is 0.366 e. The molecule has 0 aromatic carbocycles. The molecule has 0 aliphatic carbocycles. The maximum absolute atomic E-state index is 14.5. The van der Waals surface area contributed by atoms with Crippen molar-refractivity contribution in [2.45, 2.75) is 248 Å². The molecule has 3 amide bonds. The second-order valence-electron chi connectivity index (χ2n) is 28.6. The molecular formula is C74H131N3O39. The highest BCUT2D eigenvalue weighted by Crippen LogP contribution is 2.43. The molecule has 7 rings (SSSR count). The van der Waals surface area contributed by atoms with Gasteiger partial charge in [-0.3, -0.25) is 14.4 Å². The minimum absolute atomic E-state index is 0.0103. The quantitative estimate of drug-likeness (QED) is 0.0596. The van der Waals surface area contributed by atoms with Crippen LogP contribution in [0.25, 0.3) is 0 Å². The summed E-state index contributed by atoms with van der Waals surface area (Å²) in [6, 6.07) is -3.35. The zero-order valence-corrected chi connectivity index (χ0v) is 71.7. The van der Waals surface area contributed by atoms with Gasteiger partial charge in [-0.05, 0) is 0 Å². The number of likely N-dealkylation sites (N-methyl/N-ethyl adjacent to an activating group) is 1. The van der Waals surface area contributed by atoms with E-state index >= 15 is 0 Å². The van der Waals surface area contributed by atoms with Gasteiger partial charge in [0.15, 0.2) is 37.7 Å². The number of ether oxygens (including phenoxy) is 35. The Kier molecular flexibility index (Phi) is 41.7. The van der Waals surface area contributed by atoms with Crippen LogP contribution in [0, 0.1) is 0 Å². The number of nitrogens with one attached hydrogen (secondary N) is 2. The van der Waals surface area contributed by atoms with Gasteiger partial charge < -0.3 is 181 Å². The summed E-state index contributed by atoms with van der Waals surface area (Å²) >= 11 is 0. The van der Waals surface area contributed by atoms with Crippen LogP contribution in [0.15, 0.2) is 0 Å². The van der Waals surface area contributed by atoms with Crippen LogP contribution in [0.2, 0.25) is 0 Å². The number of amides is 3. The first kappa shape index (κ1) is 99.6. The lowest BCUT2D eigenvalue weighted by atomic mass is 9.87. The van der Waals surface area contributed by atoms with Crippen molar-refractivity contribution in [2.75, 3.05) is 210 Å². The lowest BCUT2D eigenvalue weighted by Crippen LogP contribution is -2.71. The molecular weight excluding hydrogens is 1550 g/mol. The first-order valence-electron chi connectivity index (χ1n) is 38.1. The zero-order valence-electron chi connectivity index (χ0n) is 71.7. The van der Waals surface area contributed by atoms with Crippen molar-refractivity contribution < 1.29 is 185 Å². The zero-order chi connectivity index (χ0) is 85.4. The molecule has 42 heteroatoms. The monoisotopic (exact) mass is 1690 g/mol. The number of rotatable bonds is 46. The molecule has 42 nitrogen and oxygen atoms in total. The van der Waals surface area contributed by atoms with Gasteiger partial charge in [0.05, 0.1) is 65.5 Å². The van der Waals surface area contributed by atoms with Crippen molar-refractivity contribution in [3.05, 3.63) is 0 Å². The van der Waals surface area contributed by atoms with Gasteiger partial charge in [0.25, 0.3) is 5.79 Å². The predicted molar refractivity (Wildman–Crippen MR) is 393 cm³/mol. The largest absolute Gasteiger partial charge is 0.465 e. The van der Waals surface area contributed by atoms with E-state index in [1.165, 1.54) is 175 Å². The van der Waals surface area contributed by atoms with Crippen LogP contribution in [-0.4, -0.2) is 459 Å². The van der Waals surface area contributed by atoms with Gasteiger partial charge in [0, 0.05) is 184 Å². The molecule has 0 bridgehead atoms. The Balaban J connectivity index is 1.28. The molecule has 0 spiro atoms. The van der Waals surface area contributed by atoms with E-state index in [1.807, 2.05) is 0 Å². The highest BCUT2D eigenvalue weighted by Gasteiger charge is 2.63. The summed E-state index contributed by atoms with van der Waals surface area (Å²) in [4.78, 5) is 56.6. The van der Waals surface area contributed by atoms with E-state index in [-0.39, 0.29) is 45.4 Å². The first-order valence-corrected chi connectivity index (χ1v) is 38.1.